The largest absolute Gasteiger partial charge is 0.489 e. The Balaban J connectivity index is 1.35. The molecule has 2 bridgehead atoms. The number of nitrogens with one attached hydrogen (secondary N) is 1. The van der Waals surface area contributed by atoms with Crippen LogP contribution < -0.4 is 10.1 Å². The lowest BCUT2D eigenvalue weighted by Gasteiger charge is -2.53. The zero-order valence-electron chi connectivity index (χ0n) is 18.3. The highest BCUT2D eigenvalue weighted by Gasteiger charge is 2.53. The fourth-order valence-corrected chi connectivity index (χ4v) is 5.27. The third-order valence-corrected chi connectivity index (χ3v) is 8.04. The number of hydrogen-bond acceptors (Lipinski definition) is 3. The lowest BCUT2D eigenvalue weighted by Crippen LogP contribution is -2.52. The second-order valence-corrected chi connectivity index (χ2v) is 9.56. The molecule has 4 aliphatic carbocycles. The number of rotatable bonds is 9. The summed E-state index contributed by atoms with van der Waals surface area (Å²) in [5, 5.41) is 3.20. The number of methoxy groups -OCH3 is 1. The Morgan fingerprint density at radius 1 is 1.07 bits per heavy atom. The fourth-order valence-electron chi connectivity index (χ4n) is 5.27. The van der Waals surface area contributed by atoms with Gasteiger partial charge in [0.25, 0.3) is 0 Å². The van der Waals surface area contributed by atoms with E-state index < -0.39 is 0 Å². The molecule has 0 radical (unpaired) electrons. The van der Waals surface area contributed by atoms with Crippen molar-refractivity contribution in [2.45, 2.75) is 75.7 Å². The summed E-state index contributed by atoms with van der Waals surface area (Å²) >= 11 is 0. The van der Waals surface area contributed by atoms with Gasteiger partial charge in [0.15, 0.2) is 0 Å². The molecule has 5 rings (SSSR count). The van der Waals surface area contributed by atoms with Crippen LogP contribution in [0, 0.1) is 5.41 Å². The van der Waals surface area contributed by atoms with Gasteiger partial charge in [-0.1, -0.05) is 19.1 Å². The first-order valence-electron chi connectivity index (χ1n) is 11.3. The van der Waals surface area contributed by atoms with Gasteiger partial charge in [0.05, 0.1) is 11.9 Å². The first kappa shape index (κ1) is 21.4. The van der Waals surface area contributed by atoms with Crippen molar-refractivity contribution in [1.82, 2.24) is 5.32 Å². The Morgan fingerprint density at radius 2 is 1.70 bits per heavy atom. The molecule has 4 aliphatic rings. The van der Waals surface area contributed by atoms with Crippen LogP contribution in [0.4, 0.5) is 4.39 Å². The van der Waals surface area contributed by atoms with E-state index in [9.17, 15) is 9.18 Å². The Labute approximate surface area is 179 Å². The van der Waals surface area contributed by atoms with Gasteiger partial charge in [-0.15, -0.1) is 0 Å². The van der Waals surface area contributed by atoms with E-state index in [4.69, 9.17) is 9.47 Å². The van der Waals surface area contributed by atoms with E-state index in [0.717, 1.165) is 57.1 Å². The molecule has 0 aromatic heterocycles. The van der Waals surface area contributed by atoms with Crippen LogP contribution in [0.2, 0.25) is 0 Å². The molecule has 0 atom stereocenters. The SMILES string of the molecule is CC/C(=C\F)COc1ccc(C23CCC(C(=O)NCC4(OC)CC4)(CC2)CC3)cc1. The van der Waals surface area contributed by atoms with Crippen LogP contribution in [0.25, 0.3) is 0 Å². The maximum absolute atomic E-state index is 13.0. The molecule has 30 heavy (non-hydrogen) atoms. The van der Waals surface area contributed by atoms with Gasteiger partial charge in [0.1, 0.15) is 12.4 Å². The molecule has 4 fully saturated rings. The number of carbonyl (C=O) groups is 1. The van der Waals surface area contributed by atoms with Crippen molar-refractivity contribution in [3.8, 4) is 5.75 Å². The molecule has 1 N–H and O–H groups in total. The summed E-state index contributed by atoms with van der Waals surface area (Å²) in [6, 6.07) is 8.32. The first-order valence-corrected chi connectivity index (χ1v) is 11.3. The summed E-state index contributed by atoms with van der Waals surface area (Å²) in [6.45, 7) is 2.86. The molecule has 5 heteroatoms. The highest BCUT2D eigenvalue weighted by molar-refractivity contribution is 5.83. The topological polar surface area (TPSA) is 47.6 Å². The van der Waals surface area contributed by atoms with Crippen LogP contribution in [0.3, 0.4) is 0 Å². The minimum atomic E-state index is -0.191. The number of halogens is 1. The predicted molar refractivity (Wildman–Crippen MR) is 115 cm³/mol. The molecule has 0 aliphatic heterocycles. The summed E-state index contributed by atoms with van der Waals surface area (Å²) in [5.41, 5.74) is 1.89. The monoisotopic (exact) mass is 415 g/mol. The summed E-state index contributed by atoms with van der Waals surface area (Å²) in [5.74, 6) is 1.01. The lowest BCUT2D eigenvalue weighted by molar-refractivity contribution is -0.138. The smallest absolute Gasteiger partial charge is 0.226 e. The van der Waals surface area contributed by atoms with Crippen LogP contribution in [-0.4, -0.2) is 31.8 Å². The Bertz CT molecular complexity index is 773. The van der Waals surface area contributed by atoms with Crippen LogP contribution in [0.15, 0.2) is 36.2 Å². The number of hydrogen-bond donors (Lipinski definition) is 1. The normalized spacial score (nSPS) is 29.5. The van der Waals surface area contributed by atoms with Crippen molar-refractivity contribution < 1.29 is 18.7 Å². The molecular weight excluding hydrogens is 381 g/mol. The van der Waals surface area contributed by atoms with Gasteiger partial charge in [-0.05, 0) is 86.5 Å². The molecule has 4 nitrogen and oxygen atoms in total. The lowest BCUT2D eigenvalue weighted by atomic mass is 9.51. The van der Waals surface area contributed by atoms with Crippen LogP contribution >= 0.6 is 0 Å². The van der Waals surface area contributed by atoms with E-state index in [-0.39, 0.29) is 22.3 Å². The number of amides is 1. The highest BCUT2D eigenvalue weighted by Crippen LogP contribution is 2.58. The van der Waals surface area contributed by atoms with Crippen molar-refractivity contribution in [3.63, 3.8) is 0 Å². The van der Waals surface area contributed by atoms with E-state index in [1.165, 1.54) is 5.56 Å². The zero-order chi connectivity index (χ0) is 21.2. The predicted octanol–water partition coefficient (Wildman–Crippen LogP) is 5.22. The van der Waals surface area contributed by atoms with E-state index in [0.29, 0.717) is 31.5 Å². The van der Waals surface area contributed by atoms with Crippen molar-refractivity contribution in [1.29, 1.82) is 0 Å². The van der Waals surface area contributed by atoms with Gasteiger partial charge >= 0.3 is 0 Å². The van der Waals surface area contributed by atoms with Gasteiger partial charge in [0.2, 0.25) is 5.91 Å². The first-order chi connectivity index (χ1) is 14.5. The summed E-state index contributed by atoms with van der Waals surface area (Å²) < 4.78 is 24.0. The van der Waals surface area contributed by atoms with E-state index in [1.54, 1.807) is 7.11 Å². The van der Waals surface area contributed by atoms with Crippen LogP contribution in [-0.2, 0) is 14.9 Å². The number of fused-ring (bicyclic) bond motifs is 3. The molecule has 0 saturated heterocycles. The molecule has 0 heterocycles. The highest BCUT2D eigenvalue weighted by atomic mass is 19.1. The average molecular weight is 416 g/mol. The maximum atomic E-state index is 13.0. The second-order valence-electron chi connectivity index (χ2n) is 9.56. The number of carbonyl (C=O) groups excluding carboxylic acids is 1. The summed E-state index contributed by atoms with van der Waals surface area (Å²) in [7, 11) is 1.74. The van der Waals surface area contributed by atoms with Crippen LogP contribution in [0.1, 0.15) is 70.3 Å². The molecule has 0 spiro atoms. The van der Waals surface area contributed by atoms with Gasteiger partial charge in [0, 0.05) is 19.1 Å². The molecule has 0 unspecified atom stereocenters. The number of ether oxygens (including phenoxy) is 2. The third-order valence-electron chi connectivity index (χ3n) is 8.04. The zero-order valence-corrected chi connectivity index (χ0v) is 18.3. The second kappa shape index (κ2) is 8.33. The van der Waals surface area contributed by atoms with Gasteiger partial charge < -0.3 is 14.8 Å². The number of benzene rings is 1. The molecule has 1 aromatic carbocycles. The van der Waals surface area contributed by atoms with E-state index in [2.05, 4.69) is 17.4 Å². The Hall–Kier alpha value is -1.88. The molecule has 164 valence electrons. The van der Waals surface area contributed by atoms with Crippen molar-refractivity contribution >= 4 is 5.91 Å². The molecular formula is C25H34FNO3. The minimum Gasteiger partial charge on any atom is -0.489 e. The van der Waals surface area contributed by atoms with E-state index in [1.807, 2.05) is 19.1 Å². The van der Waals surface area contributed by atoms with Crippen molar-refractivity contribution in [3.05, 3.63) is 41.7 Å². The standard InChI is InChI=1S/C25H34FNO3/c1-3-19(16-26)17-30-21-6-4-20(5-7-21)23-8-11-24(12-9-23,13-10-23)22(28)27-18-25(29-2)14-15-25/h4-7,16H,3,8-15,17-18H2,1-2H3,(H,27,28)/b19-16+. The molecule has 4 saturated carbocycles. The van der Waals surface area contributed by atoms with Crippen LogP contribution in [0.5, 0.6) is 5.75 Å². The molecule has 1 aromatic rings. The maximum Gasteiger partial charge on any atom is 0.226 e. The summed E-state index contributed by atoms with van der Waals surface area (Å²) in [4.78, 5) is 13.0. The van der Waals surface area contributed by atoms with Gasteiger partial charge in [-0.3, -0.25) is 4.79 Å². The van der Waals surface area contributed by atoms with Crippen molar-refractivity contribution in [2.75, 3.05) is 20.3 Å². The minimum absolute atomic E-state index is 0.0961. The Morgan fingerprint density at radius 3 is 2.20 bits per heavy atom. The molecule has 1 amide bonds. The summed E-state index contributed by atoms with van der Waals surface area (Å²) in [6.07, 6.45) is 9.42. The Kier molecular flexibility index (Phi) is 5.93. The average Bonchev–Trinajstić information content (AvgIpc) is 3.60. The van der Waals surface area contributed by atoms with Gasteiger partial charge in [-0.2, -0.15) is 0 Å². The third kappa shape index (κ3) is 4.01. The quantitative estimate of drug-likeness (QED) is 0.602. The fraction of sp³-hybridized carbons (Fsp3) is 0.640. The van der Waals surface area contributed by atoms with E-state index >= 15 is 0 Å². The van der Waals surface area contributed by atoms with Gasteiger partial charge in [-0.25, -0.2) is 4.39 Å². The van der Waals surface area contributed by atoms with Crippen molar-refractivity contribution in [2.24, 2.45) is 5.41 Å².